The maximum absolute atomic E-state index is 13.4. The van der Waals surface area contributed by atoms with E-state index >= 15 is 0 Å². The molecule has 2 bridgehead atoms. The second-order valence-electron chi connectivity index (χ2n) is 11.7. The van der Waals surface area contributed by atoms with E-state index in [9.17, 15) is 19.2 Å². The van der Waals surface area contributed by atoms with Crippen LogP contribution in [-0.4, -0.2) is 54.3 Å². The van der Waals surface area contributed by atoms with Gasteiger partial charge in [-0.15, -0.1) is 0 Å². The zero-order valence-corrected chi connectivity index (χ0v) is 22.6. The van der Waals surface area contributed by atoms with Gasteiger partial charge in [0.25, 0.3) is 5.91 Å². The topological polar surface area (TPSA) is 90.0 Å². The van der Waals surface area contributed by atoms with Crippen molar-refractivity contribution in [2.45, 2.75) is 98.1 Å². The van der Waals surface area contributed by atoms with Crippen molar-refractivity contribution in [1.29, 1.82) is 0 Å². The van der Waals surface area contributed by atoms with Crippen molar-refractivity contribution in [2.24, 2.45) is 29.6 Å². The van der Waals surface area contributed by atoms with E-state index in [1.807, 2.05) is 6.92 Å². The summed E-state index contributed by atoms with van der Waals surface area (Å²) in [5, 5.41) is 0. The number of ketones is 2. The highest BCUT2D eigenvalue weighted by molar-refractivity contribution is 6.37. The van der Waals surface area contributed by atoms with Gasteiger partial charge in [-0.3, -0.25) is 14.4 Å². The molecule has 0 radical (unpaired) electrons. The molecule has 3 rings (SSSR count). The lowest BCUT2D eigenvalue weighted by Crippen LogP contribution is -2.54. The summed E-state index contributed by atoms with van der Waals surface area (Å²) < 4.78 is 11.1. The lowest BCUT2D eigenvalue weighted by molar-refractivity contribution is -0.186. The van der Waals surface area contributed by atoms with E-state index in [-0.39, 0.29) is 35.9 Å². The predicted octanol–water partition coefficient (Wildman–Crippen LogP) is 4.87. The summed E-state index contributed by atoms with van der Waals surface area (Å²) in [7, 11) is 0. The van der Waals surface area contributed by atoms with Crippen LogP contribution in [0.5, 0.6) is 0 Å². The fourth-order valence-electron chi connectivity index (χ4n) is 5.81. The Balaban J connectivity index is 1.77. The second-order valence-corrected chi connectivity index (χ2v) is 11.7. The standard InChI is InChI=1S/C29H45NO6/c1-19-6-10-23-11-9-22(4)25(17-23)26(32)27(33)30-14-5-15-35-28(30)29(34)36-18-21(3)8-13-24(31)12-7-20(2)16-19/h7,19,21-23,25,28H,5-6,8-18H2,1-4H3/b20-7-. The van der Waals surface area contributed by atoms with Crippen molar-refractivity contribution in [2.75, 3.05) is 19.8 Å². The molecule has 0 spiro atoms. The molecule has 2 heterocycles. The Morgan fingerprint density at radius 3 is 2.47 bits per heavy atom. The zero-order valence-electron chi connectivity index (χ0n) is 22.6. The highest BCUT2D eigenvalue weighted by Gasteiger charge is 2.42. The van der Waals surface area contributed by atoms with E-state index in [1.54, 1.807) is 0 Å². The summed E-state index contributed by atoms with van der Waals surface area (Å²) >= 11 is 0. The molecule has 7 heteroatoms. The number of amides is 1. The minimum absolute atomic E-state index is 0.00602. The van der Waals surface area contributed by atoms with E-state index in [4.69, 9.17) is 9.47 Å². The molecule has 0 aromatic heterocycles. The van der Waals surface area contributed by atoms with Gasteiger partial charge in [-0.25, -0.2) is 4.79 Å². The smallest absolute Gasteiger partial charge is 0.356 e. The van der Waals surface area contributed by atoms with Gasteiger partial charge in [-0.2, -0.15) is 0 Å². The highest BCUT2D eigenvalue weighted by Crippen LogP contribution is 2.38. The summed E-state index contributed by atoms with van der Waals surface area (Å²) in [5.41, 5.74) is 1.25. The van der Waals surface area contributed by atoms with Gasteiger partial charge >= 0.3 is 5.97 Å². The minimum atomic E-state index is -1.18. The van der Waals surface area contributed by atoms with Crippen molar-refractivity contribution in [3.05, 3.63) is 11.6 Å². The molecule has 6 atom stereocenters. The molecule has 0 aromatic carbocycles. The van der Waals surface area contributed by atoms with Crippen LogP contribution in [0, 0.1) is 29.6 Å². The van der Waals surface area contributed by atoms with E-state index < -0.39 is 18.1 Å². The van der Waals surface area contributed by atoms with Crippen molar-refractivity contribution >= 4 is 23.4 Å². The number of hydrogen-bond donors (Lipinski definition) is 0. The highest BCUT2D eigenvalue weighted by atomic mass is 16.6. The molecule has 1 aliphatic carbocycles. The minimum Gasteiger partial charge on any atom is -0.462 e. The molecule has 6 unspecified atom stereocenters. The zero-order chi connectivity index (χ0) is 26.2. The third kappa shape index (κ3) is 7.99. The lowest BCUT2D eigenvalue weighted by Gasteiger charge is -2.37. The third-order valence-electron chi connectivity index (χ3n) is 8.26. The number of nitrogens with zero attached hydrogens (tertiary/aromatic N) is 1. The van der Waals surface area contributed by atoms with Crippen molar-refractivity contribution < 1.29 is 28.7 Å². The first-order valence-corrected chi connectivity index (χ1v) is 14.0. The van der Waals surface area contributed by atoms with E-state index in [1.165, 1.54) is 10.5 Å². The summed E-state index contributed by atoms with van der Waals surface area (Å²) in [5.74, 6) is -0.676. The summed E-state index contributed by atoms with van der Waals surface area (Å²) in [6.07, 6.45) is 8.79. The molecule has 1 saturated carbocycles. The van der Waals surface area contributed by atoms with Crippen molar-refractivity contribution in [3.8, 4) is 0 Å². The molecule has 36 heavy (non-hydrogen) atoms. The SMILES string of the molecule is C/C1=C/CC(=O)CCC(C)COC(=O)C2OCCCN2C(=O)C(=O)C2CC(CCC(C)C1)CCC2C. The van der Waals surface area contributed by atoms with E-state index in [2.05, 4.69) is 26.8 Å². The number of allylic oxidation sites excluding steroid dienone is 2. The quantitative estimate of drug-likeness (QED) is 0.266. The van der Waals surface area contributed by atoms with Gasteiger partial charge in [0, 0.05) is 25.3 Å². The van der Waals surface area contributed by atoms with Gasteiger partial charge < -0.3 is 14.4 Å². The molecule has 1 amide bonds. The lowest BCUT2D eigenvalue weighted by atomic mass is 9.71. The Labute approximate surface area is 216 Å². The maximum Gasteiger partial charge on any atom is 0.356 e. The first-order valence-electron chi connectivity index (χ1n) is 14.0. The van der Waals surface area contributed by atoms with Gasteiger partial charge in [0.2, 0.25) is 12.0 Å². The number of rotatable bonds is 0. The van der Waals surface area contributed by atoms with Gasteiger partial charge in [0.15, 0.2) is 0 Å². The van der Waals surface area contributed by atoms with Crippen LogP contribution in [0.25, 0.3) is 0 Å². The second kappa shape index (κ2) is 13.5. The monoisotopic (exact) mass is 503 g/mol. The number of ether oxygens (including phenoxy) is 2. The van der Waals surface area contributed by atoms with Crippen LogP contribution in [-0.2, 0) is 28.7 Å². The number of carbonyl (C=O) groups is 4. The Morgan fingerprint density at radius 1 is 0.944 bits per heavy atom. The van der Waals surface area contributed by atoms with Crippen LogP contribution in [0.4, 0.5) is 0 Å². The molecule has 0 N–H and O–H groups in total. The number of fused-ring (bicyclic) bond motifs is 3. The third-order valence-corrected chi connectivity index (χ3v) is 8.26. The van der Waals surface area contributed by atoms with Gasteiger partial charge in [-0.05, 0) is 62.7 Å². The first kappa shape index (κ1) is 28.5. The number of Topliss-reactive ketones (excluding diaryl/α,β-unsaturated/α-hetero) is 2. The average molecular weight is 504 g/mol. The molecule has 7 nitrogen and oxygen atoms in total. The van der Waals surface area contributed by atoms with Crippen molar-refractivity contribution in [3.63, 3.8) is 0 Å². The number of cyclic esters (lactones) is 1. The van der Waals surface area contributed by atoms with Crippen LogP contribution in [0.3, 0.4) is 0 Å². The van der Waals surface area contributed by atoms with Crippen LogP contribution in [0.2, 0.25) is 0 Å². The molecule has 3 aliphatic rings. The number of esters is 1. The molecule has 2 aliphatic heterocycles. The molecule has 202 valence electrons. The fraction of sp³-hybridized carbons (Fsp3) is 0.793. The fourth-order valence-corrected chi connectivity index (χ4v) is 5.81. The molecular formula is C29H45NO6. The average Bonchev–Trinajstić information content (AvgIpc) is 2.87. The maximum atomic E-state index is 13.4. The van der Waals surface area contributed by atoms with Crippen molar-refractivity contribution in [1.82, 2.24) is 4.90 Å². The molecule has 0 aromatic rings. The summed E-state index contributed by atoms with van der Waals surface area (Å²) in [6, 6.07) is 0. The molecular weight excluding hydrogens is 458 g/mol. The van der Waals surface area contributed by atoms with Crippen LogP contribution in [0.15, 0.2) is 11.6 Å². The largest absolute Gasteiger partial charge is 0.462 e. The first-order chi connectivity index (χ1) is 17.2. The summed E-state index contributed by atoms with van der Waals surface area (Å²) in [6.45, 7) is 9.15. The van der Waals surface area contributed by atoms with E-state index in [0.717, 1.165) is 38.5 Å². The predicted molar refractivity (Wildman–Crippen MR) is 137 cm³/mol. The number of hydrogen-bond acceptors (Lipinski definition) is 6. The van der Waals surface area contributed by atoms with Gasteiger partial charge in [0.1, 0.15) is 5.78 Å². The van der Waals surface area contributed by atoms with Gasteiger partial charge in [-0.1, -0.05) is 51.7 Å². The van der Waals surface area contributed by atoms with Crippen LogP contribution < -0.4 is 0 Å². The molecule has 2 fully saturated rings. The normalized spacial score (nSPS) is 36.2. The summed E-state index contributed by atoms with van der Waals surface area (Å²) in [4.78, 5) is 53.2. The van der Waals surface area contributed by atoms with E-state index in [0.29, 0.717) is 50.7 Å². The Morgan fingerprint density at radius 2 is 1.69 bits per heavy atom. The van der Waals surface area contributed by atoms with Crippen LogP contribution >= 0.6 is 0 Å². The Hall–Kier alpha value is -2.02. The number of carbonyl (C=O) groups excluding carboxylic acids is 4. The Bertz CT molecular complexity index is 836. The molecule has 1 saturated heterocycles. The van der Waals surface area contributed by atoms with Crippen LogP contribution in [0.1, 0.15) is 91.9 Å². The Kier molecular flexibility index (Phi) is 10.7. The van der Waals surface area contributed by atoms with Gasteiger partial charge in [0.05, 0.1) is 13.2 Å².